The molecule has 2 fully saturated rings. The predicted octanol–water partition coefficient (Wildman–Crippen LogP) is 3.43. The van der Waals surface area contributed by atoms with Gasteiger partial charge in [0.2, 0.25) is 0 Å². The Morgan fingerprint density at radius 2 is 2.19 bits per heavy atom. The molecule has 146 valence electrons. The van der Waals surface area contributed by atoms with Crippen LogP contribution in [0, 0.1) is 11.3 Å². The molecule has 0 radical (unpaired) electrons. The van der Waals surface area contributed by atoms with Crippen molar-refractivity contribution in [3.8, 4) is 0 Å². The summed E-state index contributed by atoms with van der Waals surface area (Å²) < 4.78 is 5.57. The molecule has 1 saturated carbocycles. The molecular formula is C20H29N5O2. The number of rotatable bonds is 2. The number of hydrogen-bond acceptors (Lipinski definition) is 5. The van der Waals surface area contributed by atoms with Crippen molar-refractivity contribution in [3.05, 3.63) is 18.6 Å². The first kappa shape index (κ1) is 18.1. The van der Waals surface area contributed by atoms with Crippen molar-refractivity contribution in [1.82, 2.24) is 19.9 Å². The Hall–Kier alpha value is -2.31. The molecule has 1 saturated heterocycles. The fraction of sp³-hybridized carbons (Fsp3) is 0.650. The molecule has 7 nitrogen and oxygen atoms in total. The summed E-state index contributed by atoms with van der Waals surface area (Å²) in [4.78, 5) is 28.6. The van der Waals surface area contributed by atoms with E-state index >= 15 is 0 Å². The fourth-order valence-electron chi connectivity index (χ4n) is 4.73. The zero-order valence-electron chi connectivity index (χ0n) is 16.8. The first-order valence-electron chi connectivity index (χ1n) is 9.65. The average Bonchev–Trinajstić information content (AvgIpc) is 3.23. The maximum atomic E-state index is 12.5. The minimum Gasteiger partial charge on any atom is -0.444 e. The molecule has 3 atom stereocenters. The molecule has 0 bridgehead atoms. The summed E-state index contributed by atoms with van der Waals surface area (Å²) in [5.41, 5.74) is 0.542. The third-order valence-electron chi connectivity index (χ3n) is 6.10. The standard InChI is InChI=1S/C20H29N5O2/c1-19(2,3)27-18(26)25-10-13-8-14(9-20(13,4)11-25)24(5)17-15-6-7-21-16(15)22-12-23-17/h6-7,12-14H,8-11H2,1-5H3,(H,21,22,23)/t13-,14+,20+/m0/s1. The van der Waals surface area contributed by atoms with Gasteiger partial charge in [-0.3, -0.25) is 0 Å². The Morgan fingerprint density at radius 3 is 2.89 bits per heavy atom. The number of carbonyl (C=O) groups excluding carboxylic acids is 1. The van der Waals surface area contributed by atoms with Crippen molar-refractivity contribution in [1.29, 1.82) is 0 Å². The van der Waals surface area contributed by atoms with Gasteiger partial charge in [-0.25, -0.2) is 14.8 Å². The molecule has 0 spiro atoms. The average molecular weight is 371 g/mol. The summed E-state index contributed by atoms with van der Waals surface area (Å²) in [6.45, 7) is 9.59. The van der Waals surface area contributed by atoms with Gasteiger partial charge in [0.1, 0.15) is 23.4 Å². The molecule has 1 amide bonds. The van der Waals surface area contributed by atoms with Gasteiger partial charge < -0.3 is 19.5 Å². The number of anilines is 1. The Bertz CT molecular complexity index is 857. The number of ether oxygens (including phenoxy) is 1. The number of hydrogen-bond donors (Lipinski definition) is 1. The molecule has 3 heterocycles. The van der Waals surface area contributed by atoms with Gasteiger partial charge in [0, 0.05) is 32.4 Å². The third kappa shape index (κ3) is 3.24. The molecular weight excluding hydrogens is 342 g/mol. The van der Waals surface area contributed by atoms with E-state index in [9.17, 15) is 4.79 Å². The van der Waals surface area contributed by atoms with Crippen LogP contribution in [0.4, 0.5) is 10.6 Å². The van der Waals surface area contributed by atoms with E-state index in [0.29, 0.717) is 12.0 Å². The van der Waals surface area contributed by atoms with Gasteiger partial charge in [0.05, 0.1) is 5.39 Å². The molecule has 1 aliphatic carbocycles. The maximum Gasteiger partial charge on any atom is 0.410 e. The van der Waals surface area contributed by atoms with E-state index in [1.165, 1.54) is 0 Å². The summed E-state index contributed by atoms with van der Waals surface area (Å²) in [6, 6.07) is 2.44. The number of likely N-dealkylation sites (tertiary alicyclic amines) is 1. The van der Waals surface area contributed by atoms with E-state index in [2.05, 4.69) is 33.8 Å². The molecule has 2 aliphatic rings. The smallest absolute Gasteiger partial charge is 0.410 e. The minimum atomic E-state index is -0.451. The lowest BCUT2D eigenvalue weighted by atomic mass is 9.83. The van der Waals surface area contributed by atoms with Crippen LogP contribution in [-0.4, -0.2) is 57.7 Å². The van der Waals surface area contributed by atoms with Gasteiger partial charge in [-0.15, -0.1) is 0 Å². The maximum absolute atomic E-state index is 12.5. The Balaban J connectivity index is 1.47. The number of amides is 1. The van der Waals surface area contributed by atoms with Gasteiger partial charge in [-0.2, -0.15) is 0 Å². The Kier molecular flexibility index (Phi) is 4.09. The first-order chi connectivity index (χ1) is 12.7. The quantitative estimate of drug-likeness (QED) is 0.875. The van der Waals surface area contributed by atoms with Crippen molar-refractivity contribution in [3.63, 3.8) is 0 Å². The van der Waals surface area contributed by atoms with E-state index in [4.69, 9.17) is 4.74 Å². The van der Waals surface area contributed by atoms with Crippen LogP contribution in [0.25, 0.3) is 11.0 Å². The molecule has 2 aromatic heterocycles. The number of fused-ring (bicyclic) bond motifs is 2. The monoisotopic (exact) mass is 371 g/mol. The number of aromatic amines is 1. The van der Waals surface area contributed by atoms with Crippen LogP contribution < -0.4 is 4.90 Å². The normalized spacial score (nSPS) is 27.8. The van der Waals surface area contributed by atoms with Crippen molar-refractivity contribution < 1.29 is 9.53 Å². The lowest BCUT2D eigenvalue weighted by molar-refractivity contribution is 0.0269. The van der Waals surface area contributed by atoms with E-state index in [-0.39, 0.29) is 11.5 Å². The van der Waals surface area contributed by atoms with Crippen LogP contribution in [0.3, 0.4) is 0 Å². The van der Waals surface area contributed by atoms with Crippen molar-refractivity contribution >= 4 is 22.9 Å². The van der Waals surface area contributed by atoms with Crippen molar-refractivity contribution in [2.45, 2.75) is 52.2 Å². The molecule has 0 unspecified atom stereocenters. The van der Waals surface area contributed by atoms with E-state index in [1.54, 1.807) is 6.33 Å². The van der Waals surface area contributed by atoms with Gasteiger partial charge in [-0.05, 0) is 51.0 Å². The highest BCUT2D eigenvalue weighted by Gasteiger charge is 2.52. The number of nitrogens with one attached hydrogen (secondary N) is 1. The lowest BCUT2D eigenvalue weighted by Gasteiger charge is -2.30. The second-order valence-electron chi connectivity index (χ2n) is 9.35. The molecule has 2 aromatic rings. The number of carbonyl (C=O) groups is 1. The van der Waals surface area contributed by atoms with Crippen LogP contribution in [0.1, 0.15) is 40.5 Å². The van der Waals surface area contributed by atoms with E-state index in [1.807, 2.05) is 37.9 Å². The fourth-order valence-corrected chi connectivity index (χ4v) is 4.73. The van der Waals surface area contributed by atoms with Gasteiger partial charge in [0.15, 0.2) is 0 Å². The molecule has 4 rings (SSSR count). The van der Waals surface area contributed by atoms with Crippen molar-refractivity contribution in [2.24, 2.45) is 11.3 Å². The molecule has 27 heavy (non-hydrogen) atoms. The summed E-state index contributed by atoms with van der Waals surface area (Å²) in [5.74, 6) is 1.46. The van der Waals surface area contributed by atoms with Crippen molar-refractivity contribution in [2.75, 3.05) is 25.0 Å². The Morgan fingerprint density at radius 1 is 1.41 bits per heavy atom. The number of nitrogens with zero attached hydrogens (tertiary/aromatic N) is 4. The Labute approximate surface area is 160 Å². The van der Waals surface area contributed by atoms with Crippen LogP contribution in [0.2, 0.25) is 0 Å². The largest absolute Gasteiger partial charge is 0.444 e. The summed E-state index contributed by atoms with van der Waals surface area (Å²) in [7, 11) is 2.12. The summed E-state index contributed by atoms with van der Waals surface area (Å²) in [6.07, 6.45) is 5.44. The summed E-state index contributed by atoms with van der Waals surface area (Å²) in [5, 5.41) is 1.05. The van der Waals surface area contributed by atoms with Crippen LogP contribution in [-0.2, 0) is 4.74 Å². The zero-order chi connectivity index (χ0) is 19.4. The third-order valence-corrected chi connectivity index (χ3v) is 6.10. The second-order valence-corrected chi connectivity index (χ2v) is 9.35. The second kappa shape index (κ2) is 6.11. The first-order valence-corrected chi connectivity index (χ1v) is 9.65. The predicted molar refractivity (Wildman–Crippen MR) is 105 cm³/mol. The zero-order valence-corrected chi connectivity index (χ0v) is 16.8. The van der Waals surface area contributed by atoms with E-state index in [0.717, 1.165) is 42.8 Å². The molecule has 7 heteroatoms. The molecule has 1 aliphatic heterocycles. The van der Waals surface area contributed by atoms with Gasteiger partial charge >= 0.3 is 6.09 Å². The number of aromatic nitrogens is 3. The SMILES string of the molecule is CN(c1ncnc2[nH]ccc12)[C@@H]1C[C@H]2CN(C(=O)OC(C)(C)C)C[C@@]2(C)C1. The lowest BCUT2D eigenvalue weighted by Crippen LogP contribution is -2.38. The highest BCUT2D eigenvalue weighted by atomic mass is 16.6. The number of H-pyrrole nitrogens is 1. The van der Waals surface area contributed by atoms with E-state index < -0.39 is 5.60 Å². The van der Waals surface area contributed by atoms with Gasteiger partial charge in [-0.1, -0.05) is 6.92 Å². The molecule has 0 aromatic carbocycles. The highest BCUT2D eigenvalue weighted by molar-refractivity contribution is 5.87. The molecule has 1 N–H and O–H groups in total. The highest BCUT2D eigenvalue weighted by Crippen LogP contribution is 2.50. The van der Waals surface area contributed by atoms with Crippen LogP contribution in [0.15, 0.2) is 18.6 Å². The summed E-state index contributed by atoms with van der Waals surface area (Å²) >= 11 is 0. The van der Waals surface area contributed by atoms with Gasteiger partial charge in [0.25, 0.3) is 0 Å². The minimum absolute atomic E-state index is 0.125. The van der Waals surface area contributed by atoms with Crippen LogP contribution in [0.5, 0.6) is 0 Å². The topological polar surface area (TPSA) is 74.4 Å². The van der Waals surface area contributed by atoms with Crippen LogP contribution >= 0.6 is 0 Å².